The Hall–Kier alpha value is -2.43. The third-order valence-electron chi connectivity index (χ3n) is 4.74. The molecule has 30 heavy (non-hydrogen) atoms. The Balaban J connectivity index is 0.00000320. The molecule has 0 bridgehead atoms. The Morgan fingerprint density at radius 3 is 2.57 bits per heavy atom. The molecule has 2 heterocycles. The van der Waals surface area contributed by atoms with E-state index < -0.39 is 0 Å². The Morgan fingerprint density at radius 1 is 1.13 bits per heavy atom. The van der Waals surface area contributed by atoms with Crippen LogP contribution in [0.1, 0.15) is 25.0 Å². The van der Waals surface area contributed by atoms with Gasteiger partial charge in [-0.15, -0.1) is 24.0 Å². The van der Waals surface area contributed by atoms with Crippen molar-refractivity contribution in [1.29, 1.82) is 0 Å². The summed E-state index contributed by atoms with van der Waals surface area (Å²) in [7, 11) is 3.93. The van der Waals surface area contributed by atoms with Crippen LogP contribution in [0.15, 0.2) is 41.8 Å². The normalized spacial score (nSPS) is 11.3. The molecule has 0 spiro atoms. The van der Waals surface area contributed by atoms with E-state index in [0.29, 0.717) is 13.1 Å². The van der Waals surface area contributed by atoms with Gasteiger partial charge in [-0.3, -0.25) is 9.67 Å². The molecular formula is C21H31IN8. The fraction of sp³-hybridized carbons (Fsp3) is 0.429. The third-order valence-corrected chi connectivity index (χ3v) is 4.74. The molecule has 0 amide bonds. The number of fused-ring (bicyclic) bond motifs is 1. The summed E-state index contributed by atoms with van der Waals surface area (Å²) in [6.45, 7) is 7.20. The smallest absolute Gasteiger partial charge is 0.194 e. The van der Waals surface area contributed by atoms with E-state index in [9.17, 15) is 0 Å². The highest BCUT2D eigenvalue weighted by Gasteiger charge is 2.08. The molecule has 0 fully saturated rings. The molecule has 0 aliphatic carbocycles. The molecule has 8 nitrogen and oxygen atoms in total. The van der Waals surface area contributed by atoms with Crippen LogP contribution >= 0.6 is 24.0 Å². The van der Waals surface area contributed by atoms with Crippen molar-refractivity contribution >= 4 is 46.8 Å². The van der Waals surface area contributed by atoms with Crippen molar-refractivity contribution in [2.75, 3.05) is 32.0 Å². The quantitative estimate of drug-likeness (QED) is 0.205. The van der Waals surface area contributed by atoms with E-state index in [1.165, 1.54) is 11.1 Å². The van der Waals surface area contributed by atoms with Gasteiger partial charge in [0.05, 0.1) is 18.1 Å². The maximum atomic E-state index is 4.75. The van der Waals surface area contributed by atoms with E-state index in [2.05, 4.69) is 75.8 Å². The van der Waals surface area contributed by atoms with Crippen LogP contribution in [0.3, 0.4) is 0 Å². The van der Waals surface area contributed by atoms with Crippen molar-refractivity contribution in [3.05, 3.63) is 47.9 Å². The highest BCUT2D eigenvalue weighted by molar-refractivity contribution is 14.0. The molecule has 0 saturated heterocycles. The van der Waals surface area contributed by atoms with Crippen molar-refractivity contribution in [1.82, 2.24) is 30.0 Å². The van der Waals surface area contributed by atoms with Crippen molar-refractivity contribution in [3.8, 4) is 0 Å². The highest BCUT2D eigenvalue weighted by atomic mass is 127. The first-order valence-corrected chi connectivity index (χ1v) is 10.1. The van der Waals surface area contributed by atoms with Gasteiger partial charge in [0.1, 0.15) is 12.1 Å². The number of aliphatic imine (C=N–C) groups is 1. The molecule has 0 aliphatic heterocycles. The van der Waals surface area contributed by atoms with Crippen LogP contribution in [0.2, 0.25) is 0 Å². The Bertz CT molecular complexity index is 951. The van der Waals surface area contributed by atoms with E-state index in [1.807, 2.05) is 7.05 Å². The maximum absolute atomic E-state index is 4.75. The molecule has 2 aromatic heterocycles. The van der Waals surface area contributed by atoms with Gasteiger partial charge in [0, 0.05) is 33.7 Å². The van der Waals surface area contributed by atoms with Crippen molar-refractivity contribution in [2.24, 2.45) is 12.0 Å². The molecule has 0 aliphatic rings. The summed E-state index contributed by atoms with van der Waals surface area (Å²) in [5.74, 6) is 1.68. The van der Waals surface area contributed by atoms with E-state index in [0.717, 1.165) is 42.3 Å². The minimum absolute atomic E-state index is 0. The van der Waals surface area contributed by atoms with E-state index >= 15 is 0 Å². The number of guanidine groups is 1. The number of aryl methyl sites for hydroxylation is 2. The lowest BCUT2D eigenvalue weighted by Gasteiger charge is -2.22. The average Bonchev–Trinajstić information content (AvgIpc) is 3.12. The molecule has 0 radical (unpaired) electrons. The fourth-order valence-corrected chi connectivity index (χ4v) is 3.14. The lowest BCUT2D eigenvalue weighted by Crippen LogP contribution is -2.38. The second-order valence-corrected chi connectivity index (χ2v) is 6.92. The Labute approximate surface area is 195 Å². The summed E-state index contributed by atoms with van der Waals surface area (Å²) >= 11 is 0. The zero-order chi connectivity index (χ0) is 20.6. The summed E-state index contributed by atoms with van der Waals surface area (Å²) in [4.78, 5) is 15.5. The number of hydrogen-bond acceptors (Lipinski definition) is 5. The second-order valence-electron chi connectivity index (χ2n) is 6.92. The molecule has 2 N–H and O–H groups in total. The summed E-state index contributed by atoms with van der Waals surface area (Å²) in [6, 6.07) is 8.76. The minimum Gasteiger partial charge on any atom is -0.367 e. The molecular weight excluding hydrogens is 491 g/mol. The molecule has 162 valence electrons. The first kappa shape index (κ1) is 23.8. The van der Waals surface area contributed by atoms with Crippen LogP contribution in [-0.4, -0.2) is 57.3 Å². The Kier molecular flexibility index (Phi) is 9.28. The zero-order valence-corrected chi connectivity index (χ0v) is 20.4. The standard InChI is InChI=1S/C21H30N8.HI/c1-5-16-7-9-17(10-8-16)14-28(3)21(22-6-2)24-12-11-23-19-18-13-27-29(4)20(18)26-15-25-19;/h7-10,13,15H,5-6,11-12,14H2,1-4H3,(H,22,24)(H,23,25,26);1H. The van der Waals surface area contributed by atoms with Gasteiger partial charge in [-0.05, 0) is 24.5 Å². The maximum Gasteiger partial charge on any atom is 0.194 e. The van der Waals surface area contributed by atoms with Crippen LogP contribution in [-0.2, 0) is 20.0 Å². The summed E-state index contributed by atoms with van der Waals surface area (Å²) < 4.78 is 1.74. The first-order chi connectivity index (χ1) is 14.1. The molecule has 0 saturated carbocycles. The number of halogens is 1. The van der Waals surface area contributed by atoms with Crippen molar-refractivity contribution < 1.29 is 0 Å². The lowest BCUT2D eigenvalue weighted by molar-refractivity contribution is 0.477. The van der Waals surface area contributed by atoms with E-state index in [1.54, 1.807) is 17.2 Å². The van der Waals surface area contributed by atoms with Crippen LogP contribution in [0.5, 0.6) is 0 Å². The number of hydrogen-bond donors (Lipinski definition) is 2. The number of benzene rings is 1. The van der Waals surface area contributed by atoms with E-state index in [-0.39, 0.29) is 24.0 Å². The molecule has 0 atom stereocenters. The lowest BCUT2D eigenvalue weighted by atomic mass is 10.1. The predicted octanol–water partition coefficient (Wildman–Crippen LogP) is 3.05. The van der Waals surface area contributed by atoms with Gasteiger partial charge >= 0.3 is 0 Å². The molecule has 3 rings (SSSR count). The van der Waals surface area contributed by atoms with Gasteiger partial charge < -0.3 is 15.5 Å². The van der Waals surface area contributed by atoms with Crippen LogP contribution in [0, 0.1) is 0 Å². The Morgan fingerprint density at radius 2 is 1.87 bits per heavy atom. The molecule has 9 heteroatoms. The molecule has 1 aromatic carbocycles. The van der Waals surface area contributed by atoms with Gasteiger partial charge in [0.25, 0.3) is 0 Å². The minimum atomic E-state index is 0. The van der Waals surface area contributed by atoms with Gasteiger partial charge in [0.15, 0.2) is 11.6 Å². The SMILES string of the molecule is CCNC(=NCCNc1ncnc2c1cnn2C)N(C)Cc1ccc(CC)cc1.I. The number of nitrogens with zero attached hydrogens (tertiary/aromatic N) is 6. The highest BCUT2D eigenvalue weighted by Crippen LogP contribution is 2.17. The van der Waals surface area contributed by atoms with Crippen LogP contribution in [0.25, 0.3) is 11.0 Å². The number of nitrogens with one attached hydrogen (secondary N) is 2. The predicted molar refractivity (Wildman–Crippen MR) is 133 cm³/mol. The van der Waals surface area contributed by atoms with Gasteiger partial charge in [-0.1, -0.05) is 31.2 Å². The van der Waals surface area contributed by atoms with Crippen LogP contribution < -0.4 is 10.6 Å². The summed E-state index contributed by atoms with van der Waals surface area (Å²) in [5.41, 5.74) is 3.44. The summed E-state index contributed by atoms with van der Waals surface area (Å²) in [6.07, 6.45) is 4.39. The van der Waals surface area contributed by atoms with Gasteiger partial charge in [-0.2, -0.15) is 5.10 Å². The van der Waals surface area contributed by atoms with Crippen molar-refractivity contribution in [3.63, 3.8) is 0 Å². The number of anilines is 1. The second kappa shape index (κ2) is 11.7. The first-order valence-electron chi connectivity index (χ1n) is 10.1. The largest absolute Gasteiger partial charge is 0.367 e. The fourth-order valence-electron chi connectivity index (χ4n) is 3.14. The topological polar surface area (TPSA) is 83.3 Å². The molecule has 0 unspecified atom stereocenters. The monoisotopic (exact) mass is 522 g/mol. The van der Waals surface area contributed by atoms with Gasteiger partial charge in [0.2, 0.25) is 0 Å². The van der Waals surface area contributed by atoms with E-state index in [4.69, 9.17) is 4.99 Å². The zero-order valence-electron chi connectivity index (χ0n) is 18.1. The number of rotatable bonds is 8. The number of aromatic nitrogens is 4. The third kappa shape index (κ3) is 6.04. The molecule has 3 aromatic rings. The van der Waals surface area contributed by atoms with Gasteiger partial charge in [-0.25, -0.2) is 9.97 Å². The van der Waals surface area contributed by atoms with Crippen molar-refractivity contribution in [2.45, 2.75) is 26.8 Å². The van der Waals surface area contributed by atoms with Crippen LogP contribution in [0.4, 0.5) is 5.82 Å². The summed E-state index contributed by atoms with van der Waals surface area (Å²) in [5, 5.41) is 11.9. The average molecular weight is 522 g/mol.